The van der Waals surface area contributed by atoms with Crippen molar-refractivity contribution in [3.63, 3.8) is 0 Å². The van der Waals surface area contributed by atoms with Crippen LogP contribution in [-0.4, -0.2) is 0 Å². The van der Waals surface area contributed by atoms with Gasteiger partial charge in [0.25, 0.3) is 0 Å². The van der Waals surface area contributed by atoms with E-state index in [9.17, 15) is 8.78 Å². The first-order chi connectivity index (χ1) is 12.2. The van der Waals surface area contributed by atoms with E-state index in [0.717, 1.165) is 30.2 Å². The molecule has 2 unspecified atom stereocenters. The summed E-state index contributed by atoms with van der Waals surface area (Å²) in [6.07, 6.45) is 9.68. The highest BCUT2D eigenvalue weighted by Gasteiger charge is 2.25. The van der Waals surface area contributed by atoms with Gasteiger partial charge < -0.3 is 0 Å². The van der Waals surface area contributed by atoms with Crippen molar-refractivity contribution >= 4 is 0 Å². The Balaban J connectivity index is 1.53. The van der Waals surface area contributed by atoms with Gasteiger partial charge in [0, 0.05) is 0 Å². The summed E-state index contributed by atoms with van der Waals surface area (Å²) >= 11 is 0. The molecule has 1 saturated carbocycles. The highest BCUT2D eigenvalue weighted by molar-refractivity contribution is 5.27. The van der Waals surface area contributed by atoms with Gasteiger partial charge in [-0.2, -0.15) is 0 Å². The van der Waals surface area contributed by atoms with Crippen LogP contribution in [0.15, 0.2) is 42.5 Å². The fourth-order valence-electron chi connectivity index (χ4n) is 4.07. The number of rotatable bonds is 7. The molecule has 0 spiro atoms. The monoisotopic (exact) mass is 342 g/mol. The predicted molar refractivity (Wildman–Crippen MR) is 99.8 cm³/mol. The number of aryl methyl sites for hydroxylation is 2. The summed E-state index contributed by atoms with van der Waals surface area (Å²) in [6, 6.07) is 13.1. The first kappa shape index (κ1) is 18.1. The molecule has 1 fully saturated rings. The van der Waals surface area contributed by atoms with Gasteiger partial charge in [0.15, 0.2) is 11.6 Å². The maximum Gasteiger partial charge on any atom is 0.159 e. The van der Waals surface area contributed by atoms with Gasteiger partial charge >= 0.3 is 0 Å². The summed E-state index contributed by atoms with van der Waals surface area (Å²) in [5, 5.41) is 0. The zero-order valence-electron chi connectivity index (χ0n) is 15.1. The minimum atomic E-state index is -0.776. The van der Waals surface area contributed by atoms with Crippen molar-refractivity contribution in [1.82, 2.24) is 0 Å². The van der Waals surface area contributed by atoms with Crippen LogP contribution in [0.4, 0.5) is 8.78 Å². The van der Waals surface area contributed by atoms with Gasteiger partial charge in [-0.1, -0.05) is 56.5 Å². The van der Waals surface area contributed by atoms with Gasteiger partial charge in [0.05, 0.1) is 0 Å². The van der Waals surface area contributed by atoms with E-state index in [0.29, 0.717) is 0 Å². The minimum Gasteiger partial charge on any atom is -0.204 e. The molecule has 3 rings (SSSR count). The molecule has 0 nitrogen and oxygen atoms in total. The molecule has 134 valence electrons. The third kappa shape index (κ3) is 4.90. The summed E-state index contributed by atoms with van der Waals surface area (Å²) in [5.41, 5.74) is 3.57. The summed E-state index contributed by atoms with van der Waals surface area (Å²) < 4.78 is 26.2. The molecule has 0 bridgehead atoms. The van der Waals surface area contributed by atoms with Crippen molar-refractivity contribution in [2.75, 3.05) is 0 Å². The minimum absolute atomic E-state index is 0.724. The van der Waals surface area contributed by atoms with Gasteiger partial charge in [-0.3, -0.25) is 0 Å². The van der Waals surface area contributed by atoms with Crippen molar-refractivity contribution < 1.29 is 8.78 Å². The maximum atomic E-state index is 13.3. The fourth-order valence-corrected chi connectivity index (χ4v) is 4.07. The van der Waals surface area contributed by atoms with Crippen molar-refractivity contribution in [1.29, 1.82) is 0 Å². The van der Waals surface area contributed by atoms with Crippen LogP contribution in [0.25, 0.3) is 0 Å². The Morgan fingerprint density at radius 3 is 2.32 bits per heavy atom. The number of hydrogen-bond donors (Lipinski definition) is 0. The van der Waals surface area contributed by atoms with E-state index in [1.54, 1.807) is 6.07 Å². The van der Waals surface area contributed by atoms with E-state index in [-0.39, 0.29) is 0 Å². The first-order valence-corrected chi connectivity index (χ1v) is 9.68. The van der Waals surface area contributed by atoms with Crippen molar-refractivity contribution in [2.45, 2.75) is 64.2 Å². The van der Waals surface area contributed by atoms with E-state index >= 15 is 0 Å². The second-order valence-corrected chi connectivity index (χ2v) is 7.51. The molecule has 0 N–H and O–H groups in total. The third-order valence-electron chi connectivity index (χ3n) is 5.64. The van der Waals surface area contributed by atoms with Crippen LogP contribution in [-0.2, 0) is 12.8 Å². The molecule has 1 aliphatic carbocycles. The van der Waals surface area contributed by atoms with Gasteiger partial charge in [0.1, 0.15) is 0 Å². The molecule has 2 aromatic rings. The lowest BCUT2D eigenvalue weighted by Crippen LogP contribution is -1.97. The van der Waals surface area contributed by atoms with Gasteiger partial charge in [-0.05, 0) is 72.8 Å². The molecule has 2 atom stereocenters. The van der Waals surface area contributed by atoms with E-state index in [1.165, 1.54) is 61.8 Å². The quantitative estimate of drug-likeness (QED) is 0.517. The number of hydrogen-bond acceptors (Lipinski definition) is 0. The zero-order valence-corrected chi connectivity index (χ0v) is 15.1. The molecule has 0 radical (unpaired) electrons. The van der Waals surface area contributed by atoms with Crippen LogP contribution in [0.3, 0.4) is 0 Å². The first-order valence-electron chi connectivity index (χ1n) is 9.68. The van der Waals surface area contributed by atoms with Crippen molar-refractivity contribution in [3.05, 3.63) is 70.8 Å². The Bertz CT molecular complexity index is 675. The zero-order chi connectivity index (χ0) is 17.6. The van der Waals surface area contributed by atoms with Gasteiger partial charge in [0.2, 0.25) is 0 Å². The van der Waals surface area contributed by atoms with Gasteiger partial charge in [-0.15, -0.1) is 0 Å². The maximum absolute atomic E-state index is 13.3. The lowest BCUT2D eigenvalue weighted by atomic mass is 9.93. The Morgan fingerprint density at radius 1 is 0.880 bits per heavy atom. The standard InChI is InChI=1S/C23H28F2/c1-2-3-4-18-9-13-21(15-18)20-11-7-17(8-12-20)5-6-19-10-14-22(24)23(25)16-19/h7-8,10-12,14,16,18,21H,2-6,9,13,15H2,1H3. The van der Waals surface area contributed by atoms with E-state index in [4.69, 9.17) is 0 Å². The number of benzene rings is 2. The highest BCUT2D eigenvalue weighted by Crippen LogP contribution is 2.40. The summed E-state index contributed by atoms with van der Waals surface area (Å²) in [5.74, 6) is 0.105. The van der Waals surface area contributed by atoms with Gasteiger partial charge in [-0.25, -0.2) is 8.78 Å². The molecule has 2 aromatic carbocycles. The molecular formula is C23H28F2. The topological polar surface area (TPSA) is 0 Å². The van der Waals surface area contributed by atoms with Crippen LogP contribution in [0.5, 0.6) is 0 Å². The Morgan fingerprint density at radius 2 is 1.60 bits per heavy atom. The van der Waals surface area contributed by atoms with Crippen LogP contribution >= 0.6 is 0 Å². The Labute approximate surface area is 150 Å². The van der Waals surface area contributed by atoms with Crippen molar-refractivity contribution in [2.24, 2.45) is 5.92 Å². The SMILES string of the molecule is CCCCC1CCC(c2ccc(CCc3ccc(F)c(F)c3)cc2)C1. The average Bonchev–Trinajstić information content (AvgIpc) is 3.10. The Hall–Kier alpha value is -1.70. The third-order valence-corrected chi connectivity index (χ3v) is 5.64. The van der Waals surface area contributed by atoms with E-state index in [1.807, 2.05) is 0 Å². The normalized spacial score (nSPS) is 20.1. The van der Waals surface area contributed by atoms with Crippen LogP contribution < -0.4 is 0 Å². The largest absolute Gasteiger partial charge is 0.204 e. The molecule has 0 heterocycles. The number of halogens is 2. The molecular weight excluding hydrogens is 314 g/mol. The highest BCUT2D eigenvalue weighted by atomic mass is 19.2. The summed E-state index contributed by atoms with van der Waals surface area (Å²) in [4.78, 5) is 0. The molecule has 0 aliphatic heterocycles. The fraction of sp³-hybridized carbons (Fsp3) is 0.478. The molecule has 0 saturated heterocycles. The van der Waals surface area contributed by atoms with Crippen molar-refractivity contribution in [3.8, 4) is 0 Å². The molecule has 25 heavy (non-hydrogen) atoms. The van der Waals surface area contributed by atoms with Crippen LogP contribution in [0.2, 0.25) is 0 Å². The van der Waals surface area contributed by atoms with Crippen LogP contribution in [0, 0.1) is 17.6 Å². The predicted octanol–water partition coefficient (Wildman–Crippen LogP) is 6.82. The molecule has 0 amide bonds. The molecule has 2 heteroatoms. The summed E-state index contributed by atoms with van der Waals surface area (Å²) in [7, 11) is 0. The lowest BCUT2D eigenvalue weighted by Gasteiger charge is -2.12. The molecule has 0 aromatic heterocycles. The average molecular weight is 342 g/mol. The number of unbranched alkanes of at least 4 members (excludes halogenated alkanes) is 1. The second kappa shape index (κ2) is 8.60. The summed E-state index contributed by atoms with van der Waals surface area (Å²) in [6.45, 7) is 2.27. The van der Waals surface area contributed by atoms with Crippen LogP contribution in [0.1, 0.15) is 68.1 Å². The van der Waals surface area contributed by atoms with E-state index in [2.05, 4.69) is 31.2 Å². The Kier molecular flexibility index (Phi) is 6.23. The lowest BCUT2D eigenvalue weighted by molar-refractivity contribution is 0.474. The molecule has 1 aliphatic rings. The smallest absolute Gasteiger partial charge is 0.159 e. The van der Waals surface area contributed by atoms with E-state index < -0.39 is 11.6 Å². The second-order valence-electron chi connectivity index (χ2n) is 7.51.